The van der Waals surface area contributed by atoms with E-state index in [0.29, 0.717) is 0 Å². The summed E-state index contributed by atoms with van der Waals surface area (Å²) < 4.78 is 22.8. The van der Waals surface area contributed by atoms with Crippen LogP contribution in [-0.4, -0.2) is 24.6 Å². The minimum atomic E-state index is -4.21. The molecule has 1 aromatic rings. The van der Waals surface area contributed by atoms with Crippen LogP contribution in [0.3, 0.4) is 0 Å². The number of carbonyl (C=O) groups is 1. The molecule has 94 valence electrons. The molecule has 0 heterocycles. The molecule has 6 nitrogen and oxygen atoms in total. The summed E-state index contributed by atoms with van der Waals surface area (Å²) in [5.41, 5.74) is -0.424. The van der Waals surface area contributed by atoms with Crippen molar-refractivity contribution in [3.05, 3.63) is 29.3 Å². The fourth-order valence-corrected chi connectivity index (χ4v) is 2.52. The van der Waals surface area contributed by atoms with Crippen LogP contribution in [0.4, 0.5) is 0 Å². The van der Waals surface area contributed by atoms with Gasteiger partial charge in [0, 0.05) is 5.56 Å². The highest BCUT2D eigenvalue weighted by Crippen LogP contribution is 2.27. The maximum absolute atomic E-state index is 11.4. The lowest BCUT2D eigenvalue weighted by Crippen LogP contribution is -2.20. The van der Waals surface area contributed by atoms with Crippen LogP contribution >= 0.6 is 0 Å². The molecule has 0 aliphatic heterocycles. The Morgan fingerprint density at radius 1 is 1.47 bits per heavy atom. The highest BCUT2D eigenvalue weighted by Gasteiger charge is 2.25. The number of aliphatic hydroxyl groups is 1. The van der Waals surface area contributed by atoms with Crippen LogP contribution in [-0.2, 0) is 10.0 Å². The van der Waals surface area contributed by atoms with Gasteiger partial charge < -0.3 is 10.2 Å². The maximum atomic E-state index is 11.4. The molecule has 0 saturated heterocycles. The minimum absolute atomic E-state index is 0.00917. The van der Waals surface area contributed by atoms with E-state index in [1.165, 1.54) is 12.1 Å². The average molecular weight is 259 g/mol. The summed E-state index contributed by atoms with van der Waals surface area (Å²) in [5, 5.41) is 23.6. The third kappa shape index (κ3) is 2.82. The van der Waals surface area contributed by atoms with Crippen molar-refractivity contribution in [2.45, 2.75) is 24.3 Å². The fourth-order valence-electron chi connectivity index (χ4n) is 1.52. The van der Waals surface area contributed by atoms with Crippen molar-refractivity contribution in [3.8, 4) is 0 Å². The molecule has 1 rings (SSSR count). The van der Waals surface area contributed by atoms with Crippen LogP contribution in [0.2, 0.25) is 0 Å². The number of carboxylic acid groups (broad SMARTS) is 1. The zero-order valence-electron chi connectivity index (χ0n) is 9.12. The number of aromatic carboxylic acids is 1. The van der Waals surface area contributed by atoms with Gasteiger partial charge in [-0.05, 0) is 12.5 Å². The Morgan fingerprint density at radius 2 is 2.06 bits per heavy atom. The summed E-state index contributed by atoms with van der Waals surface area (Å²) in [4.78, 5) is 10.4. The molecule has 0 aromatic heterocycles. The van der Waals surface area contributed by atoms with Gasteiger partial charge in [0.15, 0.2) is 0 Å². The molecule has 0 spiro atoms. The molecule has 7 heteroatoms. The maximum Gasteiger partial charge on any atom is 0.337 e. The van der Waals surface area contributed by atoms with Crippen molar-refractivity contribution >= 4 is 16.0 Å². The Kier molecular flexibility index (Phi) is 3.87. The standard InChI is InChI=1S/C10H13NO5S/c1-2-8(12)6-4-3-5-7(10(13)14)9(6)17(11,15)16/h3-5,8,12H,2H2,1H3,(H,13,14)(H2,11,15,16). The van der Waals surface area contributed by atoms with E-state index in [2.05, 4.69) is 0 Å². The van der Waals surface area contributed by atoms with Gasteiger partial charge in [0.1, 0.15) is 4.90 Å². The highest BCUT2D eigenvalue weighted by atomic mass is 32.2. The lowest BCUT2D eigenvalue weighted by Gasteiger charge is -2.14. The number of carboxylic acids is 1. The highest BCUT2D eigenvalue weighted by molar-refractivity contribution is 7.89. The molecule has 4 N–H and O–H groups in total. The third-order valence-electron chi connectivity index (χ3n) is 2.31. The second kappa shape index (κ2) is 4.82. The van der Waals surface area contributed by atoms with E-state index in [-0.39, 0.29) is 12.0 Å². The molecule has 0 aliphatic carbocycles. The van der Waals surface area contributed by atoms with Crippen LogP contribution in [0.1, 0.15) is 35.4 Å². The third-order valence-corrected chi connectivity index (χ3v) is 3.33. The van der Waals surface area contributed by atoms with Gasteiger partial charge in [0.25, 0.3) is 0 Å². The Morgan fingerprint density at radius 3 is 2.47 bits per heavy atom. The van der Waals surface area contributed by atoms with Gasteiger partial charge in [0.2, 0.25) is 10.0 Å². The number of benzene rings is 1. The van der Waals surface area contributed by atoms with Gasteiger partial charge in [-0.2, -0.15) is 0 Å². The molecule has 0 fully saturated rings. The average Bonchev–Trinajstić information content (AvgIpc) is 2.25. The molecule has 1 unspecified atom stereocenters. The van der Waals surface area contributed by atoms with Crippen LogP contribution in [0.5, 0.6) is 0 Å². The molecule has 0 bridgehead atoms. The van der Waals surface area contributed by atoms with Gasteiger partial charge in [-0.1, -0.05) is 19.1 Å². The number of hydrogen-bond acceptors (Lipinski definition) is 4. The lowest BCUT2D eigenvalue weighted by molar-refractivity contribution is 0.0691. The van der Waals surface area contributed by atoms with Gasteiger partial charge in [-0.3, -0.25) is 0 Å². The molecule has 1 atom stereocenters. The van der Waals surface area contributed by atoms with Crippen LogP contribution in [0.15, 0.2) is 23.1 Å². The molecule has 0 aliphatic rings. The van der Waals surface area contributed by atoms with Gasteiger partial charge in [-0.25, -0.2) is 18.4 Å². The molecular formula is C10H13NO5S. The van der Waals surface area contributed by atoms with Gasteiger partial charge in [0.05, 0.1) is 11.7 Å². The number of rotatable bonds is 4. The molecule has 0 saturated carbocycles. The number of hydrogen-bond donors (Lipinski definition) is 3. The first kappa shape index (κ1) is 13.6. The molecule has 17 heavy (non-hydrogen) atoms. The summed E-state index contributed by atoms with van der Waals surface area (Å²) >= 11 is 0. The summed E-state index contributed by atoms with van der Waals surface area (Å²) in [6, 6.07) is 3.85. The van der Waals surface area contributed by atoms with Crippen LogP contribution < -0.4 is 5.14 Å². The minimum Gasteiger partial charge on any atom is -0.478 e. The summed E-state index contributed by atoms with van der Waals surface area (Å²) in [5.74, 6) is -1.40. The van der Waals surface area contributed by atoms with Crippen LogP contribution in [0, 0.1) is 0 Å². The zero-order valence-corrected chi connectivity index (χ0v) is 9.94. The number of primary sulfonamides is 1. The Balaban J connectivity index is 3.63. The summed E-state index contributed by atoms with van der Waals surface area (Å²) in [6.07, 6.45) is -0.811. The Bertz CT molecular complexity index is 538. The lowest BCUT2D eigenvalue weighted by atomic mass is 10.0. The van der Waals surface area contributed by atoms with E-state index >= 15 is 0 Å². The molecule has 0 radical (unpaired) electrons. The molecular weight excluding hydrogens is 246 g/mol. The second-order valence-electron chi connectivity index (χ2n) is 3.50. The van der Waals surface area contributed by atoms with Crippen molar-refractivity contribution < 1.29 is 23.4 Å². The predicted molar refractivity (Wildman–Crippen MR) is 60.0 cm³/mol. The largest absolute Gasteiger partial charge is 0.478 e. The Labute approximate surface area is 98.7 Å². The van der Waals surface area contributed by atoms with E-state index in [4.69, 9.17) is 10.2 Å². The zero-order chi connectivity index (χ0) is 13.2. The predicted octanol–water partition coefficient (Wildman–Crippen LogP) is 0.476. The summed E-state index contributed by atoms with van der Waals surface area (Å²) in [7, 11) is -4.21. The monoisotopic (exact) mass is 259 g/mol. The molecule has 0 amide bonds. The van der Waals surface area contributed by atoms with Crippen molar-refractivity contribution in [1.82, 2.24) is 0 Å². The normalized spacial score (nSPS) is 13.4. The first-order chi connectivity index (χ1) is 7.79. The first-order valence-electron chi connectivity index (χ1n) is 4.86. The van der Waals surface area contributed by atoms with E-state index in [1.54, 1.807) is 6.92 Å². The Hall–Kier alpha value is -1.44. The summed E-state index contributed by atoms with van der Waals surface area (Å²) in [6.45, 7) is 1.64. The van der Waals surface area contributed by atoms with E-state index < -0.39 is 32.6 Å². The second-order valence-corrected chi connectivity index (χ2v) is 5.00. The van der Waals surface area contributed by atoms with Crippen molar-refractivity contribution in [1.29, 1.82) is 0 Å². The molecule has 1 aromatic carbocycles. The van der Waals surface area contributed by atoms with Crippen molar-refractivity contribution in [3.63, 3.8) is 0 Å². The SMILES string of the molecule is CCC(O)c1cccc(C(=O)O)c1S(N)(=O)=O. The van der Waals surface area contributed by atoms with E-state index in [0.717, 1.165) is 6.07 Å². The van der Waals surface area contributed by atoms with Crippen molar-refractivity contribution in [2.75, 3.05) is 0 Å². The van der Waals surface area contributed by atoms with Gasteiger partial charge in [-0.15, -0.1) is 0 Å². The van der Waals surface area contributed by atoms with E-state index in [9.17, 15) is 18.3 Å². The number of nitrogens with two attached hydrogens (primary N) is 1. The van der Waals surface area contributed by atoms with Gasteiger partial charge >= 0.3 is 5.97 Å². The number of sulfonamides is 1. The smallest absolute Gasteiger partial charge is 0.337 e. The van der Waals surface area contributed by atoms with Crippen molar-refractivity contribution in [2.24, 2.45) is 5.14 Å². The first-order valence-corrected chi connectivity index (χ1v) is 6.40. The van der Waals surface area contributed by atoms with Crippen LogP contribution in [0.25, 0.3) is 0 Å². The fraction of sp³-hybridized carbons (Fsp3) is 0.300. The topological polar surface area (TPSA) is 118 Å². The quantitative estimate of drug-likeness (QED) is 0.726. The number of aliphatic hydroxyl groups excluding tert-OH is 1. The van der Waals surface area contributed by atoms with E-state index in [1.807, 2.05) is 0 Å².